The van der Waals surface area contributed by atoms with Gasteiger partial charge in [0, 0.05) is 22.3 Å². The van der Waals surface area contributed by atoms with Crippen LogP contribution < -0.4 is 15.7 Å². The fourth-order valence-corrected chi connectivity index (χ4v) is 5.27. The molecule has 0 aliphatic carbocycles. The highest BCUT2D eigenvalue weighted by atomic mass is 35.5. The van der Waals surface area contributed by atoms with Crippen molar-refractivity contribution >= 4 is 28.5 Å². The Morgan fingerprint density at radius 1 is 1.07 bits per heavy atom. The van der Waals surface area contributed by atoms with Gasteiger partial charge in [0.15, 0.2) is 5.75 Å². The SMILES string of the molecule is Cc1cc(-c2ccc(C3C(C#N)=C(NC(=O)Cc4cccc(Cl)c4)Oc4c3c(=O)oc3ccccc43)cc2)cnc1F. The first-order valence-electron chi connectivity index (χ1n) is 13.0. The highest BCUT2D eigenvalue weighted by Crippen LogP contribution is 2.44. The zero-order chi connectivity index (χ0) is 29.4. The van der Waals surface area contributed by atoms with Gasteiger partial charge in [-0.3, -0.25) is 10.1 Å². The molecule has 1 N–H and O–H groups in total. The predicted octanol–water partition coefficient (Wildman–Crippen LogP) is 6.57. The molecule has 0 bridgehead atoms. The van der Waals surface area contributed by atoms with Gasteiger partial charge in [-0.15, -0.1) is 0 Å². The van der Waals surface area contributed by atoms with E-state index in [1.54, 1.807) is 85.8 Å². The van der Waals surface area contributed by atoms with Crippen LogP contribution >= 0.6 is 11.6 Å². The fraction of sp³-hybridized carbons (Fsp3) is 0.0909. The molecule has 42 heavy (non-hydrogen) atoms. The smallest absolute Gasteiger partial charge is 0.344 e. The van der Waals surface area contributed by atoms with Crippen molar-refractivity contribution in [1.82, 2.24) is 10.3 Å². The summed E-state index contributed by atoms with van der Waals surface area (Å²) in [6.07, 6.45) is 1.43. The summed E-state index contributed by atoms with van der Waals surface area (Å²) < 4.78 is 25.5. The van der Waals surface area contributed by atoms with Gasteiger partial charge in [0.2, 0.25) is 17.7 Å². The highest BCUT2D eigenvalue weighted by molar-refractivity contribution is 6.30. The van der Waals surface area contributed by atoms with Crippen molar-refractivity contribution in [3.63, 3.8) is 0 Å². The van der Waals surface area contributed by atoms with E-state index in [0.29, 0.717) is 38.2 Å². The number of allylic oxidation sites excluding steroid dienone is 1. The molecule has 0 saturated heterocycles. The summed E-state index contributed by atoms with van der Waals surface area (Å²) in [6.45, 7) is 1.63. The fourth-order valence-electron chi connectivity index (χ4n) is 5.06. The van der Waals surface area contributed by atoms with E-state index < -0.39 is 23.4 Å². The first kappa shape index (κ1) is 26.9. The van der Waals surface area contributed by atoms with E-state index >= 15 is 0 Å². The molecule has 1 unspecified atom stereocenters. The van der Waals surface area contributed by atoms with Crippen molar-refractivity contribution in [3.8, 4) is 22.9 Å². The molecule has 0 radical (unpaired) electrons. The lowest BCUT2D eigenvalue weighted by atomic mass is 9.83. The lowest BCUT2D eigenvalue weighted by Gasteiger charge is -2.28. The zero-order valence-corrected chi connectivity index (χ0v) is 22.9. The first-order valence-corrected chi connectivity index (χ1v) is 13.3. The van der Waals surface area contributed by atoms with Gasteiger partial charge in [0.1, 0.15) is 17.2 Å². The monoisotopic (exact) mass is 577 g/mol. The van der Waals surface area contributed by atoms with Gasteiger partial charge in [0.05, 0.1) is 23.3 Å². The Morgan fingerprint density at radius 2 is 1.86 bits per heavy atom. The maximum absolute atomic E-state index is 13.7. The quantitative estimate of drug-likeness (QED) is 0.187. The first-order chi connectivity index (χ1) is 20.3. The van der Waals surface area contributed by atoms with Crippen LogP contribution in [-0.4, -0.2) is 10.9 Å². The van der Waals surface area contributed by atoms with Crippen LogP contribution in [0.2, 0.25) is 5.02 Å². The Labute approximate surface area is 244 Å². The van der Waals surface area contributed by atoms with E-state index in [4.69, 9.17) is 20.8 Å². The van der Waals surface area contributed by atoms with E-state index in [0.717, 1.165) is 5.56 Å². The van der Waals surface area contributed by atoms with Gasteiger partial charge >= 0.3 is 5.63 Å². The average molecular weight is 578 g/mol. The van der Waals surface area contributed by atoms with Crippen LogP contribution in [0.3, 0.4) is 0 Å². The van der Waals surface area contributed by atoms with Gasteiger partial charge in [-0.05, 0) is 53.9 Å². The number of rotatable bonds is 5. The largest absolute Gasteiger partial charge is 0.438 e. The standard InChI is InChI=1S/C33H21ClFN3O4/c1-18-13-22(17-37-31(18)35)20-9-11-21(12-10-20)28-25(16-36)32(38-27(39)15-19-5-4-6-23(34)14-19)42-30-24-7-2-3-8-26(24)41-33(40)29(28)30/h2-14,17,28H,15H2,1H3,(H,38,39). The highest BCUT2D eigenvalue weighted by Gasteiger charge is 2.37. The molecular weight excluding hydrogens is 557 g/mol. The second kappa shape index (κ2) is 11.0. The number of pyridine rings is 1. The maximum Gasteiger partial charge on any atom is 0.344 e. The number of nitrogens with one attached hydrogen (secondary N) is 1. The summed E-state index contributed by atoms with van der Waals surface area (Å²) in [4.78, 5) is 30.3. The number of para-hydroxylation sites is 1. The Balaban J connectivity index is 1.46. The number of amides is 1. The molecule has 3 heterocycles. The van der Waals surface area contributed by atoms with Crippen molar-refractivity contribution < 1.29 is 18.3 Å². The van der Waals surface area contributed by atoms with E-state index in [1.165, 1.54) is 6.20 Å². The molecule has 206 valence electrons. The van der Waals surface area contributed by atoms with Crippen LogP contribution in [0.25, 0.3) is 22.1 Å². The van der Waals surface area contributed by atoms with Crippen molar-refractivity contribution in [1.29, 1.82) is 5.26 Å². The minimum Gasteiger partial charge on any atom is -0.438 e. The van der Waals surface area contributed by atoms with Crippen LogP contribution in [0.5, 0.6) is 5.75 Å². The summed E-state index contributed by atoms with van der Waals surface area (Å²) >= 11 is 6.08. The van der Waals surface area contributed by atoms with Crippen LogP contribution in [0.4, 0.5) is 4.39 Å². The number of carbonyl (C=O) groups is 1. The van der Waals surface area contributed by atoms with Crippen LogP contribution in [0.15, 0.2) is 106 Å². The molecule has 2 aromatic heterocycles. The molecule has 1 aliphatic heterocycles. The molecule has 5 aromatic rings. The van der Waals surface area contributed by atoms with E-state index in [1.807, 2.05) is 0 Å². The Morgan fingerprint density at radius 3 is 2.60 bits per heavy atom. The Hall–Kier alpha value is -5.26. The number of carbonyl (C=O) groups excluding carboxylic acids is 1. The van der Waals surface area contributed by atoms with Crippen molar-refractivity contribution in [2.24, 2.45) is 0 Å². The Bertz CT molecular complexity index is 2010. The molecule has 0 saturated carbocycles. The number of nitriles is 1. The maximum atomic E-state index is 13.7. The number of nitrogens with zero attached hydrogens (tertiary/aromatic N) is 2. The van der Waals surface area contributed by atoms with Gasteiger partial charge in [-0.25, -0.2) is 9.78 Å². The summed E-state index contributed by atoms with van der Waals surface area (Å²) in [5, 5.41) is 14.1. The normalized spacial score (nSPS) is 14.2. The van der Waals surface area contributed by atoms with Crippen molar-refractivity contribution in [2.75, 3.05) is 0 Å². The summed E-state index contributed by atoms with van der Waals surface area (Å²) in [5.74, 6) is -1.74. The number of benzene rings is 3. The number of ether oxygens (including phenoxy) is 1. The number of halogens is 2. The van der Waals surface area contributed by atoms with Crippen molar-refractivity contribution in [3.05, 3.63) is 140 Å². The molecular formula is C33H21ClFN3O4. The lowest BCUT2D eigenvalue weighted by Crippen LogP contribution is -2.33. The molecule has 6 rings (SSSR count). The summed E-state index contributed by atoms with van der Waals surface area (Å²) in [7, 11) is 0. The molecule has 1 amide bonds. The number of hydrogen-bond donors (Lipinski definition) is 1. The van der Waals surface area contributed by atoms with Crippen LogP contribution in [0.1, 0.15) is 28.2 Å². The topological polar surface area (TPSA) is 105 Å². The second-order valence-corrected chi connectivity index (χ2v) is 10.3. The Kier molecular flexibility index (Phi) is 7.03. The number of aryl methyl sites for hydroxylation is 1. The van der Waals surface area contributed by atoms with E-state index in [-0.39, 0.29) is 29.2 Å². The molecule has 3 aromatic carbocycles. The van der Waals surface area contributed by atoms with E-state index in [9.17, 15) is 19.2 Å². The molecule has 0 fully saturated rings. The molecule has 1 atom stereocenters. The molecule has 9 heteroatoms. The third-order valence-electron chi connectivity index (χ3n) is 7.04. The predicted molar refractivity (Wildman–Crippen MR) is 155 cm³/mol. The summed E-state index contributed by atoms with van der Waals surface area (Å²) in [5.41, 5.74) is 2.99. The molecule has 0 spiro atoms. The number of hydrogen-bond acceptors (Lipinski definition) is 6. The second-order valence-electron chi connectivity index (χ2n) is 9.83. The minimum atomic E-state index is -0.900. The van der Waals surface area contributed by atoms with Gasteiger partial charge in [0.25, 0.3) is 0 Å². The van der Waals surface area contributed by atoms with Crippen molar-refractivity contribution in [2.45, 2.75) is 19.3 Å². The minimum absolute atomic E-state index is 0.0128. The van der Waals surface area contributed by atoms with Gasteiger partial charge in [-0.1, -0.05) is 60.1 Å². The molecule has 1 aliphatic rings. The number of aromatic nitrogens is 1. The number of fused-ring (bicyclic) bond motifs is 3. The zero-order valence-electron chi connectivity index (χ0n) is 22.2. The third kappa shape index (κ3) is 5.02. The third-order valence-corrected chi connectivity index (χ3v) is 7.28. The van der Waals surface area contributed by atoms with E-state index in [2.05, 4.69) is 16.4 Å². The average Bonchev–Trinajstić information content (AvgIpc) is 2.98. The summed E-state index contributed by atoms with van der Waals surface area (Å²) in [6, 6.07) is 24.8. The van der Waals surface area contributed by atoms with Crippen LogP contribution in [-0.2, 0) is 11.2 Å². The lowest BCUT2D eigenvalue weighted by molar-refractivity contribution is -0.120. The molecule has 7 nitrogen and oxygen atoms in total. The van der Waals surface area contributed by atoms with Crippen LogP contribution in [0, 0.1) is 24.2 Å². The van der Waals surface area contributed by atoms with Gasteiger partial charge < -0.3 is 9.15 Å². The van der Waals surface area contributed by atoms with Gasteiger partial charge in [-0.2, -0.15) is 9.65 Å².